The summed E-state index contributed by atoms with van der Waals surface area (Å²) in [5, 5.41) is 4.27. The Balaban J connectivity index is 1.55. The number of nitrogens with one attached hydrogen (secondary N) is 2. The predicted molar refractivity (Wildman–Crippen MR) is 106 cm³/mol. The zero-order chi connectivity index (χ0) is 23.1. The van der Waals surface area contributed by atoms with Gasteiger partial charge in [0, 0.05) is 11.1 Å². The average Bonchev–Trinajstić information content (AvgIpc) is 3.35. The first-order valence-electron chi connectivity index (χ1n) is 8.95. The van der Waals surface area contributed by atoms with Gasteiger partial charge in [-0.15, -0.1) is 11.3 Å². The number of hydrogen-bond acceptors (Lipinski definition) is 4. The molecule has 5 nitrogen and oxygen atoms in total. The number of aromatic nitrogens is 3. The van der Waals surface area contributed by atoms with Gasteiger partial charge in [0.2, 0.25) is 5.91 Å². The molecule has 0 atom stereocenters. The summed E-state index contributed by atoms with van der Waals surface area (Å²) in [5.41, 5.74) is 0.403. The Morgan fingerprint density at radius 1 is 1.00 bits per heavy atom. The minimum Gasteiger partial charge on any atom is -0.337 e. The van der Waals surface area contributed by atoms with Crippen LogP contribution in [0.1, 0.15) is 16.7 Å². The van der Waals surface area contributed by atoms with Crippen LogP contribution in [0.4, 0.5) is 32.0 Å². The third-order valence-electron chi connectivity index (χ3n) is 4.45. The SMILES string of the molecule is O=C(Cc1cc(C(F)(F)F)cc(C(F)(F)F)c1)Nc1ccc2[nH]c(-c3cscn3)nc2c1. The Labute approximate surface area is 180 Å². The molecule has 12 heteroatoms. The number of hydrogen-bond donors (Lipinski definition) is 2. The summed E-state index contributed by atoms with van der Waals surface area (Å²) >= 11 is 1.39. The number of rotatable bonds is 4. The van der Waals surface area contributed by atoms with Crippen molar-refractivity contribution in [2.75, 3.05) is 5.32 Å². The third kappa shape index (κ3) is 4.74. The maximum absolute atomic E-state index is 13.0. The van der Waals surface area contributed by atoms with Crippen molar-refractivity contribution in [3.05, 3.63) is 64.0 Å². The lowest BCUT2D eigenvalue weighted by Gasteiger charge is -2.14. The van der Waals surface area contributed by atoms with Gasteiger partial charge in [0.05, 0.1) is 34.1 Å². The highest BCUT2D eigenvalue weighted by Crippen LogP contribution is 2.36. The van der Waals surface area contributed by atoms with Gasteiger partial charge in [0.15, 0.2) is 5.82 Å². The van der Waals surface area contributed by atoms with Gasteiger partial charge in [-0.3, -0.25) is 4.79 Å². The van der Waals surface area contributed by atoms with E-state index >= 15 is 0 Å². The lowest BCUT2D eigenvalue weighted by Crippen LogP contribution is -2.17. The van der Waals surface area contributed by atoms with E-state index in [0.717, 1.165) is 0 Å². The lowest BCUT2D eigenvalue weighted by atomic mass is 10.0. The predicted octanol–water partition coefficient (Wildman–Crippen LogP) is 5.91. The van der Waals surface area contributed by atoms with E-state index in [4.69, 9.17) is 0 Å². The molecule has 32 heavy (non-hydrogen) atoms. The topological polar surface area (TPSA) is 70.7 Å². The molecule has 0 saturated carbocycles. The molecule has 0 bridgehead atoms. The number of carbonyl (C=O) groups is 1. The maximum Gasteiger partial charge on any atom is 0.416 e. The van der Waals surface area contributed by atoms with Crippen molar-refractivity contribution in [3.8, 4) is 11.5 Å². The number of aromatic amines is 1. The van der Waals surface area contributed by atoms with E-state index in [-0.39, 0.29) is 6.07 Å². The molecule has 0 aliphatic heterocycles. The van der Waals surface area contributed by atoms with E-state index in [9.17, 15) is 31.1 Å². The molecule has 4 aromatic rings. The maximum atomic E-state index is 13.0. The van der Waals surface area contributed by atoms with Crippen molar-refractivity contribution in [3.63, 3.8) is 0 Å². The molecule has 0 fully saturated rings. The normalized spacial score (nSPS) is 12.3. The number of halogens is 6. The number of H-pyrrole nitrogens is 1. The van der Waals surface area contributed by atoms with Gasteiger partial charge in [0.1, 0.15) is 5.69 Å². The number of thiazole rings is 1. The van der Waals surface area contributed by atoms with E-state index in [1.807, 2.05) is 0 Å². The van der Waals surface area contributed by atoms with Crippen LogP contribution in [0.5, 0.6) is 0 Å². The van der Waals surface area contributed by atoms with Crippen LogP contribution in [-0.4, -0.2) is 20.9 Å². The summed E-state index contributed by atoms with van der Waals surface area (Å²) in [6.45, 7) is 0. The quantitative estimate of drug-likeness (QED) is 0.365. The van der Waals surface area contributed by atoms with Crippen LogP contribution in [0.3, 0.4) is 0 Å². The fraction of sp³-hybridized carbons (Fsp3) is 0.150. The van der Waals surface area contributed by atoms with Crippen molar-refractivity contribution in [1.82, 2.24) is 15.0 Å². The fourth-order valence-electron chi connectivity index (χ4n) is 3.05. The summed E-state index contributed by atoms with van der Waals surface area (Å²) in [6, 6.07) is 5.80. The number of anilines is 1. The zero-order valence-corrected chi connectivity index (χ0v) is 16.6. The van der Waals surface area contributed by atoms with Gasteiger partial charge in [-0.2, -0.15) is 26.3 Å². The molecule has 1 amide bonds. The van der Waals surface area contributed by atoms with Gasteiger partial charge in [-0.1, -0.05) is 0 Å². The molecule has 2 aromatic heterocycles. The van der Waals surface area contributed by atoms with Gasteiger partial charge in [-0.05, 0) is 42.0 Å². The van der Waals surface area contributed by atoms with Gasteiger partial charge < -0.3 is 10.3 Å². The Hall–Kier alpha value is -3.41. The molecule has 2 heterocycles. The van der Waals surface area contributed by atoms with Gasteiger partial charge in [0.25, 0.3) is 0 Å². The minimum atomic E-state index is -4.98. The van der Waals surface area contributed by atoms with Crippen LogP contribution in [0.15, 0.2) is 47.3 Å². The molecule has 2 aromatic carbocycles. The highest BCUT2D eigenvalue weighted by molar-refractivity contribution is 7.07. The van der Waals surface area contributed by atoms with E-state index in [0.29, 0.717) is 40.4 Å². The number of benzene rings is 2. The monoisotopic (exact) mass is 470 g/mol. The average molecular weight is 470 g/mol. The van der Waals surface area contributed by atoms with Crippen molar-refractivity contribution < 1.29 is 31.1 Å². The van der Waals surface area contributed by atoms with Crippen LogP contribution >= 0.6 is 11.3 Å². The fourth-order valence-corrected chi connectivity index (χ4v) is 3.58. The molecule has 0 aliphatic rings. The van der Waals surface area contributed by atoms with Crippen molar-refractivity contribution >= 4 is 34.0 Å². The van der Waals surface area contributed by atoms with Crippen molar-refractivity contribution in [2.45, 2.75) is 18.8 Å². The Kier molecular flexibility index (Phi) is 5.41. The Bertz CT molecular complexity index is 1250. The van der Waals surface area contributed by atoms with Crippen LogP contribution in [-0.2, 0) is 23.6 Å². The smallest absolute Gasteiger partial charge is 0.337 e. The molecular weight excluding hydrogens is 458 g/mol. The number of carbonyl (C=O) groups excluding carboxylic acids is 1. The molecule has 0 unspecified atom stereocenters. The molecule has 0 saturated heterocycles. The van der Waals surface area contributed by atoms with Gasteiger partial charge >= 0.3 is 12.4 Å². The molecule has 0 radical (unpaired) electrons. The summed E-state index contributed by atoms with van der Waals surface area (Å²) < 4.78 is 77.9. The van der Waals surface area contributed by atoms with E-state index in [2.05, 4.69) is 20.3 Å². The standard InChI is InChI=1S/C20H12F6N4OS/c21-19(22,23)11-3-10(4-12(6-11)20(24,25)26)5-17(31)28-13-1-2-14-15(7-13)30-18(29-14)16-8-32-9-27-16/h1-4,6-9H,5H2,(H,28,31)(H,29,30). The van der Waals surface area contributed by atoms with Crippen LogP contribution < -0.4 is 5.32 Å². The first-order valence-corrected chi connectivity index (χ1v) is 9.90. The minimum absolute atomic E-state index is 0.0207. The lowest BCUT2D eigenvalue weighted by molar-refractivity contribution is -0.143. The summed E-state index contributed by atoms with van der Waals surface area (Å²) in [6.07, 6.45) is -10.6. The molecule has 166 valence electrons. The van der Waals surface area contributed by atoms with E-state index in [1.165, 1.54) is 23.5 Å². The molecule has 4 rings (SSSR count). The second-order valence-electron chi connectivity index (χ2n) is 6.83. The number of imidazole rings is 1. The van der Waals surface area contributed by atoms with Gasteiger partial charge in [-0.25, -0.2) is 9.97 Å². The van der Waals surface area contributed by atoms with E-state index < -0.39 is 41.4 Å². The highest BCUT2D eigenvalue weighted by Gasteiger charge is 2.37. The second kappa shape index (κ2) is 7.93. The molecule has 0 aliphatic carbocycles. The second-order valence-corrected chi connectivity index (χ2v) is 7.55. The first-order chi connectivity index (χ1) is 15.0. The number of amides is 1. The molecular formula is C20H12F6N4OS. The summed E-state index contributed by atoms with van der Waals surface area (Å²) in [4.78, 5) is 23.9. The first kappa shape index (κ1) is 21.8. The highest BCUT2D eigenvalue weighted by atomic mass is 32.1. The largest absolute Gasteiger partial charge is 0.416 e. The van der Waals surface area contributed by atoms with Crippen LogP contribution in [0, 0.1) is 0 Å². The molecule has 2 N–H and O–H groups in total. The number of fused-ring (bicyclic) bond motifs is 1. The Morgan fingerprint density at radius 2 is 1.69 bits per heavy atom. The Morgan fingerprint density at radius 3 is 2.28 bits per heavy atom. The van der Waals surface area contributed by atoms with Crippen LogP contribution in [0.2, 0.25) is 0 Å². The van der Waals surface area contributed by atoms with Crippen molar-refractivity contribution in [2.24, 2.45) is 0 Å². The number of nitrogens with zero attached hydrogens (tertiary/aromatic N) is 2. The summed E-state index contributed by atoms with van der Waals surface area (Å²) in [7, 11) is 0. The number of alkyl halides is 6. The van der Waals surface area contributed by atoms with E-state index in [1.54, 1.807) is 17.0 Å². The van der Waals surface area contributed by atoms with Crippen molar-refractivity contribution in [1.29, 1.82) is 0 Å². The van der Waals surface area contributed by atoms with Crippen LogP contribution in [0.25, 0.3) is 22.6 Å². The summed E-state index contributed by atoms with van der Waals surface area (Å²) in [5.74, 6) is -0.250. The molecule has 0 spiro atoms. The third-order valence-corrected chi connectivity index (χ3v) is 5.04. The zero-order valence-electron chi connectivity index (χ0n) is 15.8.